The summed E-state index contributed by atoms with van der Waals surface area (Å²) in [5.41, 5.74) is 2.53. The van der Waals surface area contributed by atoms with Crippen molar-refractivity contribution in [3.05, 3.63) is 64.2 Å². The van der Waals surface area contributed by atoms with Crippen molar-refractivity contribution in [1.82, 2.24) is 0 Å². The third-order valence-corrected chi connectivity index (χ3v) is 11.3. The van der Waals surface area contributed by atoms with E-state index in [4.69, 9.17) is 38.8 Å². The van der Waals surface area contributed by atoms with Crippen LogP contribution < -0.4 is 4.74 Å². The van der Waals surface area contributed by atoms with Gasteiger partial charge in [-0.1, -0.05) is 29.8 Å². The Hall–Kier alpha value is -0.842. The summed E-state index contributed by atoms with van der Waals surface area (Å²) in [6.45, 7) is 28.6. The first-order valence-corrected chi connectivity index (χ1v) is 30.1. The van der Waals surface area contributed by atoms with Gasteiger partial charge >= 0.3 is 0 Å². The van der Waals surface area contributed by atoms with Crippen molar-refractivity contribution in [3.8, 4) is 5.75 Å². The van der Waals surface area contributed by atoms with Gasteiger partial charge in [-0.3, -0.25) is 0 Å². The summed E-state index contributed by atoms with van der Waals surface area (Å²) < 4.78 is 39.6. The van der Waals surface area contributed by atoms with Gasteiger partial charge in [0.05, 0.1) is 13.2 Å². The molecule has 0 amide bonds. The molecule has 0 bridgehead atoms. The average Bonchev–Trinajstić information content (AvgIpc) is 2.87. The molecule has 1 fully saturated rings. The maximum atomic E-state index is 12.9. The first-order chi connectivity index (χ1) is 20.5. The van der Waals surface area contributed by atoms with Crippen molar-refractivity contribution >= 4 is 44.9 Å². The predicted octanol–water partition coefficient (Wildman–Crippen LogP) is 8.39. The summed E-state index contributed by atoms with van der Waals surface area (Å²) in [7, 11) is -8.46. The molecule has 0 aliphatic carbocycles. The zero-order valence-corrected chi connectivity index (χ0v) is 34.5. The predicted molar refractivity (Wildman–Crippen MR) is 195 cm³/mol. The lowest BCUT2D eigenvalue weighted by atomic mass is 9.87. The van der Waals surface area contributed by atoms with Gasteiger partial charge in [0.2, 0.25) is 5.79 Å². The number of benzene rings is 2. The van der Waals surface area contributed by atoms with Gasteiger partial charge in [0.25, 0.3) is 0 Å². The van der Waals surface area contributed by atoms with Crippen molar-refractivity contribution in [2.75, 3.05) is 13.2 Å². The third kappa shape index (κ3) is 11.7. The lowest BCUT2D eigenvalue weighted by Gasteiger charge is -2.54. The largest absolute Gasteiger partial charge is 0.494 e. The summed E-state index contributed by atoms with van der Waals surface area (Å²) in [5.74, 6) is -1.01. The molecule has 254 valence electrons. The molecule has 1 aliphatic rings. The molecule has 0 spiro atoms. The van der Waals surface area contributed by atoms with E-state index in [9.17, 15) is 5.11 Å². The number of hydrogen-bond donors (Lipinski definition) is 1. The highest BCUT2D eigenvalue weighted by Crippen LogP contribution is 2.44. The Kier molecular flexibility index (Phi) is 12.6. The summed E-state index contributed by atoms with van der Waals surface area (Å²) in [5, 5.41) is 13.5. The molecular weight excluding hydrogens is 656 g/mol. The highest BCUT2D eigenvalue weighted by molar-refractivity contribution is 6.71. The molecule has 1 heterocycles. The smallest absolute Gasteiger partial charge is 0.221 e. The Morgan fingerprint density at radius 1 is 0.756 bits per heavy atom. The molecule has 1 N–H and O–H groups in total. The SMILES string of the molecule is CCOc1ccc(Cc2cc(C3(O)O[C@H](CO[Si](C)(C)C)[C@@H](O[Si](C)(C)C)[C@H](O[Si](C)(C)C)[C@H]3O[Si](C)(C)C)ccc2Cl)cc1. The van der Waals surface area contributed by atoms with E-state index in [1.807, 2.05) is 49.4 Å². The Balaban J connectivity index is 2.18. The monoisotopic (exact) mass is 712 g/mol. The van der Waals surface area contributed by atoms with Gasteiger partial charge < -0.3 is 32.3 Å². The van der Waals surface area contributed by atoms with Gasteiger partial charge in [0.15, 0.2) is 33.3 Å². The van der Waals surface area contributed by atoms with E-state index in [-0.39, 0.29) is 6.61 Å². The second-order valence-corrected chi connectivity index (χ2v) is 34.2. The Bertz CT molecular complexity index is 1250. The minimum absolute atomic E-state index is 0.283. The van der Waals surface area contributed by atoms with Crippen LogP contribution in [-0.4, -0.2) is 76.0 Å². The Morgan fingerprint density at radius 2 is 1.31 bits per heavy atom. The maximum Gasteiger partial charge on any atom is 0.221 e. The number of rotatable bonds is 14. The van der Waals surface area contributed by atoms with Crippen LogP contribution in [0.1, 0.15) is 23.6 Å². The van der Waals surface area contributed by atoms with Crippen molar-refractivity contribution in [2.24, 2.45) is 0 Å². The average molecular weight is 714 g/mol. The van der Waals surface area contributed by atoms with Gasteiger partial charge in [-0.25, -0.2) is 0 Å². The summed E-state index contributed by atoms with van der Waals surface area (Å²) in [4.78, 5) is 0. The van der Waals surface area contributed by atoms with Crippen LogP contribution in [-0.2, 0) is 34.6 Å². The molecule has 12 heteroatoms. The molecule has 5 atom stereocenters. The highest BCUT2D eigenvalue weighted by Gasteiger charge is 2.59. The topological polar surface area (TPSA) is 75.6 Å². The molecular formula is C33H57ClO7Si4. The number of ether oxygens (including phenoxy) is 2. The molecule has 0 radical (unpaired) electrons. The summed E-state index contributed by atoms with van der Waals surface area (Å²) in [6, 6.07) is 13.6. The van der Waals surface area contributed by atoms with E-state index in [1.54, 1.807) is 0 Å². The maximum absolute atomic E-state index is 12.9. The summed E-state index contributed by atoms with van der Waals surface area (Å²) >= 11 is 6.77. The summed E-state index contributed by atoms with van der Waals surface area (Å²) in [6.07, 6.45) is -1.89. The van der Waals surface area contributed by atoms with Gasteiger partial charge in [-0.05, 0) is 127 Å². The van der Waals surface area contributed by atoms with E-state index in [2.05, 4.69) is 78.6 Å². The van der Waals surface area contributed by atoms with Crippen LogP contribution in [0.3, 0.4) is 0 Å². The van der Waals surface area contributed by atoms with Crippen LogP contribution in [0, 0.1) is 0 Å². The molecule has 2 aromatic carbocycles. The van der Waals surface area contributed by atoms with Gasteiger partial charge in [-0.2, -0.15) is 0 Å². The molecule has 45 heavy (non-hydrogen) atoms. The quantitative estimate of drug-likeness (QED) is 0.197. The van der Waals surface area contributed by atoms with Crippen LogP contribution in [0.2, 0.25) is 83.6 Å². The van der Waals surface area contributed by atoms with Crippen LogP contribution >= 0.6 is 11.6 Å². The first kappa shape index (κ1) is 38.6. The molecule has 7 nitrogen and oxygen atoms in total. The Morgan fingerprint density at radius 3 is 1.82 bits per heavy atom. The van der Waals surface area contributed by atoms with Crippen LogP contribution in [0.4, 0.5) is 0 Å². The molecule has 0 saturated carbocycles. The zero-order valence-electron chi connectivity index (χ0n) is 29.7. The fourth-order valence-electron chi connectivity index (χ4n) is 5.30. The first-order valence-electron chi connectivity index (χ1n) is 16.1. The van der Waals surface area contributed by atoms with Crippen molar-refractivity contribution < 1.29 is 32.3 Å². The van der Waals surface area contributed by atoms with E-state index < -0.39 is 63.5 Å². The van der Waals surface area contributed by atoms with Crippen LogP contribution in [0.5, 0.6) is 5.75 Å². The van der Waals surface area contributed by atoms with Crippen molar-refractivity contribution in [1.29, 1.82) is 0 Å². The third-order valence-electron chi connectivity index (χ3n) is 6.93. The number of halogens is 1. The van der Waals surface area contributed by atoms with Crippen molar-refractivity contribution in [2.45, 2.75) is 122 Å². The normalized spacial score (nSPS) is 25.0. The van der Waals surface area contributed by atoms with E-state index in [1.165, 1.54) is 0 Å². The van der Waals surface area contributed by atoms with Crippen LogP contribution in [0.25, 0.3) is 0 Å². The fraction of sp³-hybridized carbons (Fsp3) is 0.636. The van der Waals surface area contributed by atoms with Crippen molar-refractivity contribution in [3.63, 3.8) is 0 Å². The van der Waals surface area contributed by atoms with Gasteiger partial charge in [0.1, 0.15) is 30.2 Å². The van der Waals surface area contributed by atoms with E-state index >= 15 is 0 Å². The van der Waals surface area contributed by atoms with Gasteiger partial charge in [0, 0.05) is 10.6 Å². The van der Waals surface area contributed by atoms with E-state index in [0.717, 1.165) is 16.9 Å². The van der Waals surface area contributed by atoms with Crippen LogP contribution in [0.15, 0.2) is 42.5 Å². The standard InChI is InChI=1S/C33H57ClO7Si4/c1-14-36-27-18-15-24(16-19-27)21-25-22-26(17-20-28(25)34)33(35)32(41-45(11,12)13)31(40-44(8,9)10)30(39-43(5,6)7)29(38-33)23-37-42(2,3)4/h15-20,22,29-32,35H,14,21,23H2,1-13H3/t29-,30-,31+,32-,33?/m1/s1. The number of aliphatic hydroxyl groups is 1. The molecule has 1 unspecified atom stereocenters. The lowest BCUT2D eigenvalue weighted by Crippen LogP contribution is -2.69. The minimum Gasteiger partial charge on any atom is -0.494 e. The Labute approximate surface area is 281 Å². The lowest BCUT2D eigenvalue weighted by molar-refractivity contribution is -0.348. The van der Waals surface area contributed by atoms with Gasteiger partial charge in [-0.15, -0.1) is 0 Å². The molecule has 1 aliphatic heterocycles. The molecule has 0 aromatic heterocycles. The number of hydrogen-bond acceptors (Lipinski definition) is 7. The minimum atomic E-state index is -2.25. The molecule has 2 aromatic rings. The zero-order chi connectivity index (χ0) is 34.0. The molecule has 1 saturated heterocycles. The second kappa shape index (κ2) is 14.7. The van der Waals surface area contributed by atoms with E-state index in [0.29, 0.717) is 23.6 Å². The highest BCUT2D eigenvalue weighted by atomic mass is 35.5. The second-order valence-electron chi connectivity index (χ2n) is 15.9. The molecule has 3 rings (SSSR count). The fourth-order valence-corrected chi connectivity index (χ4v) is 9.38.